The van der Waals surface area contributed by atoms with Crippen molar-refractivity contribution in [2.75, 3.05) is 13.6 Å². The summed E-state index contributed by atoms with van der Waals surface area (Å²) in [5.41, 5.74) is 2.69. The number of hydrogen-bond donors (Lipinski definition) is 1. The van der Waals surface area contributed by atoms with Crippen molar-refractivity contribution in [2.24, 2.45) is 5.92 Å². The normalized spacial score (nSPS) is 11.8. The monoisotopic (exact) mass is 326 g/mol. The Bertz CT molecular complexity index is 388. The molecule has 2 nitrogen and oxygen atoms in total. The van der Waals surface area contributed by atoms with E-state index in [0.29, 0.717) is 12.0 Å². The second kappa shape index (κ2) is 8.03. The van der Waals surface area contributed by atoms with Crippen LogP contribution in [0.25, 0.3) is 0 Å². The molecule has 0 aliphatic rings. The first-order valence-corrected chi connectivity index (χ1v) is 7.89. The Hall–Kier alpha value is -0.380. The Labute approximate surface area is 126 Å². The summed E-state index contributed by atoms with van der Waals surface area (Å²) in [6.07, 6.45) is 0. The van der Waals surface area contributed by atoms with Crippen LogP contribution in [0.5, 0.6) is 0 Å². The Morgan fingerprint density at radius 1 is 1.21 bits per heavy atom. The number of rotatable bonds is 7. The standard InChI is InChI=1S/C16H27BrN2/c1-12(2)10-19(13(3)4)11-15-7-6-14(9-18-5)8-16(15)17/h6-8,12-13,18H,9-11H2,1-5H3. The molecule has 0 spiro atoms. The highest BCUT2D eigenvalue weighted by atomic mass is 79.9. The van der Waals surface area contributed by atoms with Crippen LogP contribution in [0, 0.1) is 5.92 Å². The van der Waals surface area contributed by atoms with E-state index in [1.165, 1.54) is 15.6 Å². The largest absolute Gasteiger partial charge is 0.316 e. The molecule has 1 N–H and O–H groups in total. The molecule has 108 valence electrons. The Morgan fingerprint density at radius 3 is 2.37 bits per heavy atom. The zero-order chi connectivity index (χ0) is 14.4. The van der Waals surface area contributed by atoms with Crippen LogP contribution in [0.4, 0.5) is 0 Å². The molecule has 0 heterocycles. The summed E-state index contributed by atoms with van der Waals surface area (Å²) in [5, 5.41) is 3.18. The summed E-state index contributed by atoms with van der Waals surface area (Å²) in [7, 11) is 1.98. The minimum absolute atomic E-state index is 0.575. The minimum atomic E-state index is 0.575. The molecule has 0 aromatic heterocycles. The third kappa shape index (κ3) is 5.64. The molecule has 3 heteroatoms. The predicted molar refractivity (Wildman–Crippen MR) is 87.3 cm³/mol. The molecule has 0 bridgehead atoms. The van der Waals surface area contributed by atoms with Gasteiger partial charge in [-0.1, -0.05) is 41.9 Å². The maximum absolute atomic E-state index is 3.71. The SMILES string of the molecule is CNCc1ccc(CN(CC(C)C)C(C)C)c(Br)c1. The number of nitrogens with zero attached hydrogens (tertiary/aromatic N) is 1. The Balaban J connectivity index is 2.79. The van der Waals surface area contributed by atoms with Crippen molar-refractivity contribution in [3.8, 4) is 0 Å². The van der Waals surface area contributed by atoms with Gasteiger partial charge in [0.25, 0.3) is 0 Å². The van der Waals surface area contributed by atoms with Crippen molar-refractivity contribution in [1.82, 2.24) is 10.2 Å². The van der Waals surface area contributed by atoms with Crippen molar-refractivity contribution >= 4 is 15.9 Å². The van der Waals surface area contributed by atoms with Gasteiger partial charge in [-0.05, 0) is 44.0 Å². The van der Waals surface area contributed by atoms with Gasteiger partial charge in [0.15, 0.2) is 0 Å². The minimum Gasteiger partial charge on any atom is -0.316 e. The molecule has 0 amide bonds. The van der Waals surface area contributed by atoms with Crippen molar-refractivity contribution in [2.45, 2.75) is 46.8 Å². The molecule has 0 radical (unpaired) electrons. The molecule has 19 heavy (non-hydrogen) atoms. The fourth-order valence-corrected chi connectivity index (χ4v) is 2.73. The van der Waals surface area contributed by atoms with E-state index in [-0.39, 0.29) is 0 Å². The van der Waals surface area contributed by atoms with E-state index >= 15 is 0 Å². The average Bonchev–Trinajstić information content (AvgIpc) is 2.31. The van der Waals surface area contributed by atoms with Crippen molar-refractivity contribution in [1.29, 1.82) is 0 Å². The topological polar surface area (TPSA) is 15.3 Å². The maximum atomic E-state index is 3.71. The number of nitrogens with one attached hydrogen (secondary N) is 1. The lowest BCUT2D eigenvalue weighted by atomic mass is 10.1. The smallest absolute Gasteiger partial charge is 0.0247 e. The van der Waals surface area contributed by atoms with Crippen LogP contribution in [-0.4, -0.2) is 24.5 Å². The lowest BCUT2D eigenvalue weighted by molar-refractivity contribution is 0.189. The highest BCUT2D eigenvalue weighted by Crippen LogP contribution is 2.21. The molecule has 1 aromatic rings. The van der Waals surface area contributed by atoms with Gasteiger partial charge in [0.2, 0.25) is 0 Å². The fourth-order valence-electron chi connectivity index (χ4n) is 2.18. The number of hydrogen-bond acceptors (Lipinski definition) is 2. The van der Waals surface area contributed by atoms with E-state index in [0.717, 1.165) is 19.6 Å². The van der Waals surface area contributed by atoms with Crippen molar-refractivity contribution < 1.29 is 0 Å². The second-order valence-electron chi connectivity index (χ2n) is 5.87. The maximum Gasteiger partial charge on any atom is 0.0247 e. The quantitative estimate of drug-likeness (QED) is 0.813. The lowest BCUT2D eigenvalue weighted by Gasteiger charge is -2.28. The first-order chi connectivity index (χ1) is 8.93. The van der Waals surface area contributed by atoms with Gasteiger partial charge in [0, 0.05) is 30.1 Å². The molecule has 0 aliphatic carbocycles. The van der Waals surface area contributed by atoms with Gasteiger partial charge in [-0.3, -0.25) is 4.90 Å². The fraction of sp³-hybridized carbons (Fsp3) is 0.625. The zero-order valence-electron chi connectivity index (χ0n) is 12.8. The van der Waals surface area contributed by atoms with Crippen LogP contribution in [0.15, 0.2) is 22.7 Å². The first-order valence-electron chi connectivity index (χ1n) is 7.10. The van der Waals surface area contributed by atoms with E-state index < -0.39 is 0 Å². The molecule has 0 saturated carbocycles. The molecule has 1 aromatic carbocycles. The molecule has 0 saturated heterocycles. The molecular weight excluding hydrogens is 300 g/mol. The van der Waals surface area contributed by atoms with E-state index in [1.54, 1.807) is 0 Å². The molecule has 0 fully saturated rings. The van der Waals surface area contributed by atoms with Gasteiger partial charge < -0.3 is 5.32 Å². The highest BCUT2D eigenvalue weighted by molar-refractivity contribution is 9.10. The summed E-state index contributed by atoms with van der Waals surface area (Å²) in [5.74, 6) is 0.699. The third-order valence-corrected chi connectivity index (χ3v) is 3.94. The second-order valence-corrected chi connectivity index (χ2v) is 6.73. The van der Waals surface area contributed by atoms with E-state index in [1.807, 2.05) is 7.05 Å². The third-order valence-electron chi connectivity index (χ3n) is 3.20. The average molecular weight is 327 g/mol. The summed E-state index contributed by atoms with van der Waals surface area (Å²) < 4.78 is 1.22. The van der Waals surface area contributed by atoms with Crippen LogP contribution >= 0.6 is 15.9 Å². The van der Waals surface area contributed by atoms with Crippen LogP contribution < -0.4 is 5.32 Å². The van der Waals surface area contributed by atoms with E-state index in [4.69, 9.17) is 0 Å². The van der Waals surface area contributed by atoms with E-state index in [2.05, 4.69) is 72.0 Å². The van der Waals surface area contributed by atoms with Crippen LogP contribution in [0.3, 0.4) is 0 Å². The zero-order valence-corrected chi connectivity index (χ0v) is 14.4. The van der Waals surface area contributed by atoms with Gasteiger partial charge in [-0.2, -0.15) is 0 Å². The lowest BCUT2D eigenvalue weighted by Crippen LogP contribution is -2.33. The molecule has 0 unspecified atom stereocenters. The van der Waals surface area contributed by atoms with Crippen LogP contribution in [0.1, 0.15) is 38.8 Å². The molecular formula is C16H27BrN2. The molecule has 0 aliphatic heterocycles. The summed E-state index contributed by atoms with van der Waals surface area (Å²) in [6, 6.07) is 7.25. The van der Waals surface area contributed by atoms with Crippen molar-refractivity contribution in [3.63, 3.8) is 0 Å². The van der Waals surface area contributed by atoms with Crippen molar-refractivity contribution in [3.05, 3.63) is 33.8 Å². The van der Waals surface area contributed by atoms with E-state index in [9.17, 15) is 0 Å². The van der Waals surface area contributed by atoms with Gasteiger partial charge in [0.1, 0.15) is 0 Å². The van der Waals surface area contributed by atoms with Gasteiger partial charge in [-0.25, -0.2) is 0 Å². The summed E-state index contributed by atoms with van der Waals surface area (Å²) >= 11 is 3.71. The van der Waals surface area contributed by atoms with Gasteiger partial charge in [0.05, 0.1) is 0 Å². The summed E-state index contributed by atoms with van der Waals surface area (Å²) in [4.78, 5) is 2.53. The Kier molecular flexibility index (Phi) is 7.05. The Morgan fingerprint density at radius 2 is 1.89 bits per heavy atom. The molecule has 0 atom stereocenters. The van der Waals surface area contributed by atoms with Gasteiger partial charge >= 0.3 is 0 Å². The number of benzene rings is 1. The van der Waals surface area contributed by atoms with Crippen LogP contribution in [-0.2, 0) is 13.1 Å². The first kappa shape index (κ1) is 16.7. The van der Waals surface area contributed by atoms with Gasteiger partial charge in [-0.15, -0.1) is 0 Å². The highest BCUT2D eigenvalue weighted by Gasteiger charge is 2.13. The predicted octanol–water partition coefficient (Wildman–Crippen LogP) is 4.03. The number of halogens is 1. The van der Waals surface area contributed by atoms with Crippen LogP contribution in [0.2, 0.25) is 0 Å². The molecule has 1 rings (SSSR count). The summed E-state index contributed by atoms with van der Waals surface area (Å²) in [6.45, 7) is 12.2.